The molecule has 0 aliphatic heterocycles. The lowest BCUT2D eigenvalue weighted by Crippen LogP contribution is -2.13. The Morgan fingerprint density at radius 1 is 0.750 bits per heavy atom. The molecule has 0 bridgehead atoms. The van der Waals surface area contributed by atoms with E-state index in [2.05, 4.69) is 0 Å². The first-order valence-electron chi connectivity index (χ1n) is 8.25. The molecule has 3 aromatic carbocycles. The first-order chi connectivity index (χ1) is 13.3. The van der Waals surface area contributed by atoms with Crippen LogP contribution in [0.5, 0.6) is 0 Å². The summed E-state index contributed by atoms with van der Waals surface area (Å²) >= 11 is 0. The molecular formula is C21H16O6S. The molecule has 28 heavy (non-hydrogen) atoms. The van der Waals surface area contributed by atoms with Crippen molar-refractivity contribution in [1.29, 1.82) is 0 Å². The minimum absolute atomic E-state index is 0.0848. The number of hydrogen-bond acceptors (Lipinski definition) is 5. The summed E-state index contributed by atoms with van der Waals surface area (Å²) in [6, 6.07) is 18.4. The smallest absolute Gasteiger partial charge is 0.354 e. The van der Waals surface area contributed by atoms with E-state index in [1.54, 1.807) is 36.4 Å². The van der Waals surface area contributed by atoms with E-state index in [9.17, 15) is 18.0 Å². The van der Waals surface area contributed by atoms with Gasteiger partial charge < -0.3 is 9.29 Å². The van der Waals surface area contributed by atoms with Crippen molar-refractivity contribution >= 4 is 22.1 Å². The SMILES string of the molecule is Cc1ccc(S(=O)(=O)OC(=O)c2ccc(-c3ccc(C(=O)O)cc3)cc2)cc1. The van der Waals surface area contributed by atoms with E-state index < -0.39 is 22.1 Å². The van der Waals surface area contributed by atoms with Crippen LogP contribution in [0.2, 0.25) is 0 Å². The van der Waals surface area contributed by atoms with Gasteiger partial charge >= 0.3 is 22.1 Å². The molecule has 142 valence electrons. The van der Waals surface area contributed by atoms with E-state index in [4.69, 9.17) is 9.29 Å². The van der Waals surface area contributed by atoms with E-state index >= 15 is 0 Å². The van der Waals surface area contributed by atoms with Crippen LogP contribution in [0.3, 0.4) is 0 Å². The summed E-state index contributed by atoms with van der Waals surface area (Å²) in [6.07, 6.45) is 0. The van der Waals surface area contributed by atoms with Gasteiger partial charge in [-0.05, 0) is 54.4 Å². The number of carboxylic acids is 1. The largest absolute Gasteiger partial charge is 0.478 e. The van der Waals surface area contributed by atoms with Crippen LogP contribution in [0.25, 0.3) is 11.1 Å². The van der Waals surface area contributed by atoms with Crippen LogP contribution < -0.4 is 0 Å². The molecule has 0 aliphatic rings. The Morgan fingerprint density at radius 2 is 1.21 bits per heavy atom. The van der Waals surface area contributed by atoms with Crippen LogP contribution in [0.4, 0.5) is 0 Å². The quantitative estimate of drug-likeness (QED) is 0.657. The van der Waals surface area contributed by atoms with Crippen LogP contribution in [0, 0.1) is 6.92 Å². The standard InChI is InChI=1S/C21H16O6S/c1-14-2-12-19(13-3-14)28(25,26)27-21(24)18-10-6-16(7-11-18)15-4-8-17(9-5-15)20(22)23/h2-13H,1H3,(H,22,23). The summed E-state index contributed by atoms with van der Waals surface area (Å²) in [5.41, 5.74) is 2.65. The van der Waals surface area contributed by atoms with Crippen LogP contribution in [0.1, 0.15) is 26.3 Å². The molecule has 0 saturated heterocycles. The number of aryl methyl sites for hydroxylation is 1. The molecular weight excluding hydrogens is 380 g/mol. The Bertz CT molecular complexity index is 1110. The summed E-state index contributed by atoms with van der Waals surface area (Å²) in [6.45, 7) is 1.82. The molecule has 0 unspecified atom stereocenters. The average molecular weight is 396 g/mol. The molecule has 0 fully saturated rings. The predicted molar refractivity (Wildman–Crippen MR) is 103 cm³/mol. The lowest BCUT2D eigenvalue weighted by Gasteiger charge is -2.07. The molecule has 0 amide bonds. The number of carboxylic acid groups (broad SMARTS) is 1. The van der Waals surface area contributed by atoms with Gasteiger partial charge in [-0.25, -0.2) is 9.59 Å². The first-order valence-corrected chi connectivity index (χ1v) is 9.66. The molecule has 0 atom stereocenters. The monoisotopic (exact) mass is 396 g/mol. The number of carbonyl (C=O) groups is 2. The lowest BCUT2D eigenvalue weighted by atomic mass is 10.0. The summed E-state index contributed by atoms with van der Waals surface area (Å²) in [7, 11) is -4.20. The highest BCUT2D eigenvalue weighted by molar-refractivity contribution is 7.87. The van der Waals surface area contributed by atoms with Crippen LogP contribution >= 0.6 is 0 Å². The van der Waals surface area contributed by atoms with Crippen molar-refractivity contribution in [2.24, 2.45) is 0 Å². The summed E-state index contributed by atoms with van der Waals surface area (Å²) in [4.78, 5) is 23.0. The second-order valence-electron chi connectivity index (χ2n) is 6.10. The molecule has 0 aromatic heterocycles. The fourth-order valence-electron chi connectivity index (χ4n) is 2.50. The maximum Gasteiger partial charge on any atom is 0.354 e. The first kappa shape index (κ1) is 19.3. The van der Waals surface area contributed by atoms with Gasteiger partial charge in [-0.15, -0.1) is 0 Å². The van der Waals surface area contributed by atoms with Gasteiger partial charge in [0.05, 0.1) is 11.1 Å². The van der Waals surface area contributed by atoms with Crippen LogP contribution in [0.15, 0.2) is 77.7 Å². The van der Waals surface area contributed by atoms with Gasteiger partial charge in [-0.1, -0.05) is 42.0 Å². The van der Waals surface area contributed by atoms with E-state index in [-0.39, 0.29) is 16.0 Å². The van der Waals surface area contributed by atoms with Gasteiger partial charge in [0.15, 0.2) is 0 Å². The second-order valence-corrected chi connectivity index (χ2v) is 7.64. The highest BCUT2D eigenvalue weighted by Crippen LogP contribution is 2.22. The topological polar surface area (TPSA) is 97.7 Å². The zero-order valence-electron chi connectivity index (χ0n) is 14.8. The third-order valence-corrected chi connectivity index (χ3v) is 5.30. The molecule has 3 aromatic rings. The molecule has 0 saturated carbocycles. The van der Waals surface area contributed by atoms with Crippen LogP contribution in [-0.4, -0.2) is 25.5 Å². The minimum Gasteiger partial charge on any atom is -0.478 e. The summed E-state index contributed by atoms with van der Waals surface area (Å²) < 4.78 is 29.1. The van der Waals surface area contributed by atoms with E-state index in [1.165, 1.54) is 36.4 Å². The van der Waals surface area contributed by atoms with E-state index in [0.29, 0.717) is 0 Å². The summed E-state index contributed by atoms with van der Waals surface area (Å²) in [5, 5.41) is 8.93. The Morgan fingerprint density at radius 3 is 1.68 bits per heavy atom. The maximum absolute atomic E-state index is 12.2. The van der Waals surface area contributed by atoms with Gasteiger partial charge in [0, 0.05) is 0 Å². The summed E-state index contributed by atoms with van der Waals surface area (Å²) in [5.74, 6) is -1.99. The molecule has 1 N–H and O–H groups in total. The Kier molecular flexibility index (Phi) is 5.28. The van der Waals surface area contributed by atoms with Crippen molar-refractivity contribution in [1.82, 2.24) is 0 Å². The van der Waals surface area contributed by atoms with Crippen LogP contribution in [-0.2, 0) is 14.3 Å². The van der Waals surface area contributed by atoms with Gasteiger partial charge in [0.2, 0.25) is 0 Å². The van der Waals surface area contributed by atoms with Crippen molar-refractivity contribution in [3.63, 3.8) is 0 Å². The Balaban J connectivity index is 1.76. The molecule has 0 heterocycles. The molecule has 3 rings (SSSR count). The third-order valence-electron chi connectivity index (χ3n) is 4.08. The van der Waals surface area contributed by atoms with E-state index in [1.807, 2.05) is 6.92 Å². The second kappa shape index (κ2) is 7.66. The molecule has 0 aliphatic carbocycles. The zero-order valence-corrected chi connectivity index (χ0v) is 15.6. The van der Waals surface area contributed by atoms with E-state index in [0.717, 1.165) is 16.7 Å². The third kappa shape index (κ3) is 4.27. The molecule has 6 nitrogen and oxygen atoms in total. The number of benzene rings is 3. The Hall–Kier alpha value is -3.45. The van der Waals surface area contributed by atoms with Gasteiger partial charge in [0.25, 0.3) is 0 Å². The van der Waals surface area contributed by atoms with Crippen molar-refractivity contribution in [2.75, 3.05) is 0 Å². The fourth-order valence-corrected chi connectivity index (χ4v) is 3.37. The average Bonchev–Trinajstić information content (AvgIpc) is 2.68. The van der Waals surface area contributed by atoms with Crippen molar-refractivity contribution in [3.8, 4) is 11.1 Å². The fraction of sp³-hybridized carbons (Fsp3) is 0.0476. The molecule has 7 heteroatoms. The van der Waals surface area contributed by atoms with Crippen molar-refractivity contribution in [3.05, 3.63) is 89.5 Å². The van der Waals surface area contributed by atoms with Gasteiger partial charge in [0.1, 0.15) is 4.90 Å². The predicted octanol–water partition coefficient (Wildman–Crippen LogP) is 3.91. The number of rotatable bonds is 5. The van der Waals surface area contributed by atoms with Gasteiger partial charge in [-0.2, -0.15) is 8.42 Å². The van der Waals surface area contributed by atoms with Crippen molar-refractivity contribution in [2.45, 2.75) is 11.8 Å². The number of carbonyl (C=O) groups excluding carboxylic acids is 1. The number of hydrogen-bond donors (Lipinski definition) is 1. The number of aromatic carboxylic acids is 1. The zero-order chi connectivity index (χ0) is 20.3. The van der Waals surface area contributed by atoms with Crippen molar-refractivity contribution < 1.29 is 27.3 Å². The normalized spacial score (nSPS) is 11.0. The Labute approximate surface area is 162 Å². The maximum atomic E-state index is 12.2. The van der Waals surface area contributed by atoms with Gasteiger partial charge in [-0.3, -0.25) is 0 Å². The highest BCUT2D eigenvalue weighted by Gasteiger charge is 2.21. The lowest BCUT2D eigenvalue weighted by molar-refractivity contribution is 0.0694. The molecule has 0 spiro atoms. The highest BCUT2D eigenvalue weighted by atomic mass is 32.2. The minimum atomic E-state index is -4.20. The molecule has 0 radical (unpaired) electrons.